The molecule has 0 aromatic heterocycles. The number of hydrogen-bond acceptors (Lipinski definition) is 6. The number of benzene rings is 2. The van der Waals surface area contributed by atoms with Crippen molar-refractivity contribution in [3.05, 3.63) is 54.9 Å². The number of halogens is 3. The predicted octanol–water partition coefficient (Wildman–Crippen LogP) is 6.09. The number of allylic oxidation sites excluding steroid dienone is 1. The second-order valence-corrected chi connectivity index (χ2v) is 9.16. The van der Waals surface area contributed by atoms with Gasteiger partial charge in [0.25, 0.3) is 0 Å². The van der Waals surface area contributed by atoms with Gasteiger partial charge in [0.1, 0.15) is 0 Å². The maximum Gasteiger partial charge on any atom is 0.231 e. The first-order valence-corrected chi connectivity index (χ1v) is 10.4. The van der Waals surface area contributed by atoms with Gasteiger partial charge in [0, 0.05) is 16.6 Å². The van der Waals surface area contributed by atoms with Gasteiger partial charge in [-0.3, -0.25) is 0 Å². The van der Waals surface area contributed by atoms with E-state index in [1.807, 2.05) is 30.3 Å². The van der Waals surface area contributed by atoms with Gasteiger partial charge in [-0.2, -0.15) is 10.5 Å². The predicted molar refractivity (Wildman–Crippen MR) is 118 cm³/mol. The molecule has 9 heteroatoms. The third kappa shape index (κ3) is 5.33. The van der Waals surface area contributed by atoms with E-state index in [0.29, 0.717) is 29.4 Å². The summed E-state index contributed by atoms with van der Waals surface area (Å²) in [6.45, 7) is 0.468. The minimum absolute atomic E-state index is 0.172. The smallest absolute Gasteiger partial charge is 0.231 e. The first-order valence-electron chi connectivity index (χ1n) is 8.03. The first kappa shape index (κ1) is 21.3. The Morgan fingerprint density at radius 3 is 1.97 bits per heavy atom. The van der Waals surface area contributed by atoms with E-state index in [0.717, 1.165) is 24.9 Å². The summed E-state index contributed by atoms with van der Waals surface area (Å²) in [5.41, 5.74) is 2.15. The first-order chi connectivity index (χ1) is 14.0. The number of fused-ring (bicyclic) bond motifs is 2. The van der Waals surface area contributed by atoms with Gasteiger partial charge in [-0.15, -0.1) is 0 Å². The summed E-state index contributed by atoms with van der Waals surface area (Å²) in [6, 6.07) is 11.0. The van der Waals surface area contributed by atoms with Crippen molar-refractivity contribution >= 4 is 59.9 Å². The highest BCUT2D eigenvalue weighted by molar-refractivity contribution is 9.28. The van der Waals surface area contributed by atoms with Gasteiger partial charge >= 0.3 is 0 Å². The number of nitrogens with zero attached hydrogens (tertiary/aromatic N) is 2. The Kier molecular flexibility index (Phi) is 7.21. The van der Waals surface area contributed by atoms with E-state index in [1.165, 1.54) is 6.08 Å². The molecule has 0 atom stereocenters. The van der Waals surface area contributed by atoms with Crippen LogP contribution < -0.4 is 18.9 Å². The maximum atomic E-state index is 8.89. The third-order valence-corrected chi connectivity index (χ3v) is 4.90. The van der Waals surface area contributed by atoms with Crippen LogP contribution in [0, 0.1) is 22.7 Å². The highest BCUT2D eigenvalue weighted by Gasteiger charge is 2.16. The van der Waals surface area contributed by atoms with Gasteiger partial charge in [-0.25, -0.2) is 0 Å². The number of nitriles is 2. The summed E-state index contributed by atoms with van der Waals surface area (Å²) in [5.74, 6) is 2.73. The average molecular weight is 583 g/mol. The van der Waals surface area contributed by atoms with Crippen LogP contribution >= 0.6 is 47.8 Å². The third-order valence-electron chi connectivity index (χ3n) is 3.76. The average Bonchev–Trinajstić information content (AvgIpc) is 3.34. The van der Waals surface area contributed by atoms with E-state index in [2.05, 4.69) is 47.8 Å². The van der Waals surface area contributed by atoms with Crippen molar-refractivity contribution in [2.75, 3.05) is 13.6 Å². The largest absolute Gasteiger partial charge is 0.454 e. The molecule has 0 bridgehead atoms. The molecular formula is C20H11Br3N2O4. The van der Waals surface area contributed by atoms with Gasteiger partial charge in [0.15, 0.2) is 23.0 Å². The lowest BCUT2D eigenvalue weighted by Gasteiger charge is -2.01. The molecule has 2 aromatic rings. The van der Waals surface area contributed by atoms with Gasteiger partial charge in [-0.1, -0.05) is 15.9 Å². The summed E-state index contributed by atoms with van der Waals surface area (Å²) in [5, 5.41) is 17.3. The van der Waals surface area contributed by atoms with Crippen molar-refractivity contribution in [3.63, 3.8) is 0 Å². The van der Waals surface area contributed by atoms with E-state index in [1.54, 1.807) is 18.2 Å². The fraction of sp³-hybridized carbons (Fsp3) is 0.100. The zero-order chi connectivity index (χ0) is 20.8. The molecule has 0 saturated heterocycles. The van der Waals surface area contributed by atoms with Crippen LogP contribution in [-0.2, 0) is 0 Å². The Balaban J connectivity index is 0.000000166. The molecule has 6 nitrogen and oxygen atoms in total. The second kappa shape index (κ2) is 9.84. The van der Waals surface area contributed by atoms with E-state index in [4.69, 9.17) is 29.5 Å². The zero-order valence-corrected chi connectivity index (χ0v) is 19.4. The minimum Gasteiger partial charge on any atom is -0.454 e. The van der Waals surface area contributed by atoms with Crippen molar-refractivity contribution < 1.29 is 18.9 Å². The molecule has 0 radical (unpaired) electrons. The fourth-order valence-electron chi connectivity index (χ4n) is 2.48. The summed E-state index contributed by atoms with van der Waals surface area (Å²) >= 11 is 10.1. The maximum absolute atomic E-state index is 8.89. The number of hydrogen-bond donors (Lipinski definition) is 0. The van der Waals surface area contributed by atoms with Crippen molar-refractivity contribution in [3.8, 4) is 35.1 Å². The lowest BCUT2D eigenvalue weighted by atomic mass is 10.1. The standard InChI is InChI=1S/C11H6N2O2.C9H5Br3O2/c12-3-1-2-8-4-10-11(15-7-14-10)5-9(8)6-13;10-6-3-8-7(13-4-14-8)1-5(6)2-9(11)12/h1-2,4-5H,7H2;1-3H,4H2. The summed E-state index contributed by atoms with van der Waals surface area (Å²) in [7, 11) is 0. The molecule has 0 aliphatic carbocycles. The van der Waals surface area contributed by atoms with Crippen molar-refractivity contribution in [1.29, 1.82) is 10.5 Å². The molecule has 0 N–H and O–H groups in total. The van der Waals surface area contributed by atoms with Gasteiger partial charge in [0.05, 0.1) is 21.1 Å². The molecule has 29 heavy (non-hydrogen) atoms. The van der Waals surface area contributed by atoms with Crippen LogP contribution in [0.1, 0.15) is 16.7 Å². The van der Waals surface area contributed by atoms with Crippen molar-refractivity contribution in [2.45, 2.75) is 0 Å². The van der Waals surface area contributed by atoms with E-state index < -0.39 is 0 Å². The Morgan fingerprint density at radius 1 is 0.862 bits per heavy atom. The van der Waals surface area contributed by atoms with Crippen LogP contribution in [0.15, 0.2) is 38.2 Å². The molecule has 2 heterocycles. The van der Waals surface area contributed by atoms with Crippen LogP contribution in [0.4, 0.5) is 0 Å². The summed E-state index contributed by atoms with van der Waals surface area (Å²) < 4.78 is 22.7. The Bertz CT molecular complexity index is 1080. The Hall–Kier alpha value is -2.46. The topological polar surface area (TPSA) is 84.5 Å². The zero-order valence-electron chi connectivity index (χ0n) is 14.6. The van der Waals surface area contributed by atoms with Crippen LogP contribution in [0.25, 0.3) is 12.2 Å². The Labute approximate surface area is 192 Å². The molecule has 2 aromatic carbocycles. The number of ether oxygens (including phenoxy) is 4. The lowest BCUT2D eigenvalue weighted by Crippen LogP contribution is -1.92. The lowest BCUT2D eigenvalue weighted by molar-refractivity contribution is 0.173. The highest BCUT2D eigenvalue weighted by Crippen LogP contribution is 2.38. The summed E-state index contributed by atoms with van der Waals surface area (Å²) in [4.78, 5) is 0. The molecule has 0 fully saturated rings. The number of rotatable bonds is 2. The van der Waals surface area contributed by atoms with Crippen molar-refractivity contribution in [2.24, 2.45) is 0 Å². The molecule has 0 saturated carbocycles. The van der Waals surface area contributed by atoms with Crippen LogP contribution in [0.3, 0.4) is 0 Å². The van der Waals surface area contributed by atoms with Crippen LogP contribution in [-0.4, -0.2) is 13.6 Å². The molecule has 0 amide bonds. The minimum atomic E-state index is 0.172. The van der Waals surface area contributed by atoms with Crippen molar-refractivity contribution in [1.82, 2.24) is 0 Å². The van der Waals surface area contributed by atoms with E-state index >= 15 is 0 Å². The monoisotopic (exact) mass is 580 g/mol. The van der Waals surface area contributed by atoms with Crippen LogP contribution in [0.5, 0.6) is 23.0 Å². The molecular weight excluding hydrogens is 572 g/mol. The molecule has 146 valence electrons. The van der Waals surface area contributed by atoms with Crippen LogP contribution in [0.2, 0.25) is 0 Å². The molecule has 4 rings (SSSR count). The molecule has 0 unspecified atom stereocenters. The summed E-state index contributed by atoms with van der Waals surface area (Å²) in [6.07, 6.45) is 4.82. The molecule has 2 aliphatic rings. The van der Waals surface area contributed by atoms with E-state index in [9.17, 15) is 0 Å². The van der Waals surface area contributed by atoms with Gasteiger partial charge in [0.2, 0.25) is 13.6 Å². The van der Waals surface area contributed by atoms with Gasteiger partial charge < -0.3 is 18.9 Å². The fourth-order valence-corrected chi connectivity index (χ4v) is 3.41. The van der Waals surface area contributed by atoms with E-state index in [-0.39, 0.29) is 6.79 Å². The molecule has 0 spiro atoms. The SMILES string of the molecule is BrC(Br)=Cc1cc2c(cc1Br)OCO2.N#CC=Cc1cc2c(cc1C#N)OCO2. The quantitative estimate of drug-likeness (QED) is 0.399. The van der Waals surface area contributed by atoms with Gasteiger partial charge in [-0.05, 0) is 73.3 Å². The Morgan fingerprint density at radius 2 is 1.41 bits per heavy atom. The second-order valence-electron chi connectivity index (χ2n) is 5.53. The normalized spacial score (nSPS) is 12.6. The molecule has 2 aliphatic heterocycles. The highest BCUT2D eigenvalue weighted by atomic mass is 79.9.